The molecule has 0 atom stereocenters. The van der Waals surface area contributed by atoms with Crippen LogP contribution in [-0.2, 0) is 12.0 Å². The average Bonchev–Trinajstić information content (AvgIpc) is 2.63. The SMILES string of the molecule is CC(C)(C)c1ccc(C(=O)Nc2ccc(CN3CCCCC3)cc2)cc1. The van der Waals surface area contributed by atoms with Gasteiger partial charge in [-0.1, -0.05) is 51.5 Å². The number of likely N-dealkylation sites (tertiary alicyclic amines) is 1. The second-order valence-electron chi connectivity index (χ2n) is 8.32. The molecule has 138 valence electrons. The fraction of sp³-hybridized carbons (Fsp3) is 0.435. The lowest BCUT2D eigenvalue weighted by molar-refractivity contribution is 0.102. The van der Waals surface area contributed by atoms with E-state index in [1.807, 2.05) is 36.4 Å². The van der Waals surface area contributed by atoms with E-state index in [1.165, 1.54) is 43.5 Å². The number of piperidine rings is 1. The summed E-state index contributed by atoms with van der Waals surface area (Å²) in [6, 6.07) is 16.1. The molecule has 0 spiro atoms. The highest BCUT2D eigenvalue weighted by Crippen LogP contribution is 2.22. The minimum Gasteiger partial charge on any atom is -0.322 e. The van der Waals surface area contributed by atoms with Crippen LogP contribution in [0.4, 0.5) is 5.69 Å². The largest absolute Gasteiger partial charge is 0.322 e. The van der Waals surface area contributed by atoms with E-state index in [4.69, 9.17) is 0 Å². The maximum atomic E-state index is 12.5. The van der Waals surface area contributed by atoms with Gasteiger partial charge in [0.25, 0.3) is 5.91 Å². The van der Waals surface area contributed by atoms with Crippen LogP contribution in [-0.4, -0.2) is 23.9 Å². The Bertz CT molecular complexity index is 720. The van der Waals surface area contributed by atoms with Crippen molar-refractivity contribution in [2.75, 3.05) is 18.4 Å². The van der Waals surface area contributed by atoms with Crippen LogP contribution in [0.15, 0.2) is 48.5 Å². The summed E-state index contributed by atoms with van der Waals surface area (Å²) < 4.78 is 0. The van der Waals surface area contributed by atoms with Crippen molar-refractivity contribution in [1.29, 1.82) is 0 Å². The van der Waals surface area contributed by atoms with Crippen LogP contribution in [0.5, 0.6) is 0 Å². The van der Waals surface area contributed by atoms with Crippen molar-refractivity contribution < 1.29 is 4.79 Å². The molecule has 1 heterocycles. The number of hydrogen-bond acceptors (Lipinski definition) is 2. The number of anilines is 1. The van der Waals surface area contributed by atoms with Gasteiger partial charge < -0.3 is 5.32 Å². The minimum absolute atomic E-state index is 0.0609. The first-order valence-electron chi connectivity index (χ1n) is 9.65. The highest BCUT2D eigenvalue weighted by atomic mass is 16.1. The molecule has 1 aliphatic rings. The molecule has 2 aromatic rings. The van der Waals surface area contributed by atoms with Crippen LogP contribution in [0.1, 0.15) is 61.5 Å². The van der Waals surface area contributed by atoms with Crippen molar-refractivity contribution in [3.8, 4) is 0 Å². The molecule has 0 unspecified atom stereocenters. The molecule has 0 bridgehead atoms. The Hall–Kier alpha value is -2.13. The summed E-state index contributed by atoms with van der Waals surface area (Å²) in [5.74, 6) is -0.0609. The van der Waals surface area contributed by atoms with E-state index in [2.05, 4.69) is 43.1 Å². The standard InChI is InChI=1S/C23H30N2O/c1-23(2,3)20-11-9-19(10-12-20)22(26)24-21-13-7-18(8-14-21)17-25-15-5-4-6-16-25/h7-14H,4-6,15-17H2,1-3H3,(H,24,26). The highest BCUT2D eigenvalue weighted by Gasteiger charge is 2.14. The molecule has 2 aromatic carbocycles. The molecule has 1 N–H and O–H groups in total. The normalized spacial score (nSPS) is 15.7. The molecule has 1 aliphatic heterocycles. The number of benzene rings is 2. The summed E-state index contributed by atoms with van der Waals surface area (Å²) in [5, 5.41) is 2.99. The van der Waals surface area contributed by atoms with E-state index in [1.54, 1.807) is 0 Å². The fourth-order valence-electron chi connectivity index (χ4n) is 3.39. The zero-order valence-electron chi connectivity index (χ0n) is 16.2. The first-order valence-corrected chi connectivity index (χ1v) is 9.65. The summed E-state index contributed by atoms with van der Waals surface area (Å²) >= 11 is 0. The summed E-state index contributed by atoms with van der Waals surface area (Å²) in [5.41, 5.74) is 4.17. The third-order valence-electron chi connectivity index (χ3n) is 5.08. The minimum atomic E-state index is -0.0609. The number of carbonyl (C=O) groups excluding carboxylic acids is 1. The number of nitrogens with zero attached hydrogens (tertiary/aromatic N) is 1. The Morgan fingerprint density at radius 1 is 0.923 bits per heavy atom. The summed E-state index contributed by atoms with van der Waals surface area (Å²) in [6.07, 6.45) is 3.97. The second kappa shape index (κ2) is 8.05. The van der Waals surface area contributed by atoms with Crippen molar-refractivity contribution in [2.45, 2.75) is 52.0 Å². The van der Waals surface area contributed by atoms with Crippen molar-refractivity contribution in [2.24, 2.45) is 0 Å². The molecule has 3 rings (SSSR count). The van der Waals surface area contributed by atoms with Gasteiger partial charge in [-0.2, -0.15) is 0 Å². The highest BCUT2D eigenvalue weighted by molar-refractivity contribution is 6.04. The van der Waals surface area contributed by atoms with Crippen molar-refractivity contribution >= 4 is 11.6 Å². The van der Waals surface area contributed by atoms with Gasteiger partial charge in [0.1, 0.15) is 0 Å². The number of rotatable bonds is 4. The Morgan fingerprint density at radius 3 is 2.12 bits per heavy atom. The molecule has 1 fully saturated rings. The summed E-state index contributed by atoms with van der Waals surface area (Å²) in [6.45, 7) is 9.92. The molecular formula is C23H30N2O. The van der Waals surface area contributed by atoms with Crippen LogP contribution >= 0.6 is 0 Å². The Balaban J connectivity index is 1.58. The number of amides is 1. The van der Waals surface area contributed by atoms with Gasteiger partial charge >= 0.3 is 0 Å². The first kappa shape index (κ1) is 18.7. The first-order chi connectivity index (χ1) is 12.4. The molecule has 0 aliphatic carbocycles. The summed E-state index contributed by atoms with van der Waals surface area (Å²) in [4.78, 5) is 15.0. The van der Waals surface area contributed by atoms with Crippen LogP contribution < -0.4 is 5.32 Å². The Labute approximate surface area is 157 Å². The molecule has 3 heteroatoms. The van der Waals surface area contributed by atoms with Gasteiger partial charge in [0.2, 0.25) is 0 Å². The van der Waals surface area contributed by atoms with E-state index in [9.17, 15) is 4.79 Å². The van der Waals surface area contributed by atoms with Crippen LogP contribution in [0, 0.1) is 0 Å². The van der Waals surface area contributed by atoms with Gasteiger partial charge in [-0.25, -0.2) is 0 Å². The van der Waals surface area contributed by atoms with Crippen molar-refractivity contribution in [1.82, 2.24) is 4.90 Å². The van der Waals surface area contributed by atoms with E-state index in [0.717, 1.165) is 12.2 Å². The van der Waals surface area contributed by atoms with Gasteiger partial charge in [-0.3, -0.25) is 9.69 Å². The number of nitrogens with one attached hydrogen (secondary N) is 1. The Kier molecular flexibility index (Phi) is 5.77. The predicted octanol–water partition coefficient (Wildman–Crippen LogP) is 5.22. The lowest BCUT2D eigenvalue weighted by Gasteiger charge is -2.26. The lowest BCUT2D eigenvalue weighted by Crippen LogP contribution is -2.29. The van der Waals surface area contributed by atoms with Crippen molar-refractivity contribution in [3.05, 3.63) is 65.2 Å². The molecule has 1 saturated heterocycles. The van der Waals surface area contributed by atoms with Crippen LogP contribution in [0.2, 0.25) is 0 Å². The molecule has 0 saturated carbocycles. The predicted molar refractivity (Wildman–Crippen MR) is 109 cm³/mol. The molecule has 26 heavy (non-hydrogen) atoms. The molecular weight excluding hydrogens is 320 g/mol. The number of hydrogen-bond donors (Lipinski definition) is 1. The van der Waals surface area contributed by atoms with E-state index < -0.39 is 0 Å². The zero-order valence-corrected chi connectivity index (χ0v) is 16.2. The van der Waals surface area contributed by atoms with Gasteiger partial charge in [0.05, 0.1) is 0 Å². The van der Waals surface area contributed by atoms with Gasteiger partial charge in [0, 0.05) is 17.8 Å². The van der Waals surface area contributed by atoms with Gasteiger partial charge in [-0.05, 0) is 66.7 Å². The Morgan fingerprint density at radius 2 is 1.54 bits per heavy atom. The smallest absolute Gasteiger partial charge is 0.255 e. The van der Waals surface area contributed by atoms with E-state index >= 15 is 0 Å². The molecule has 3 nitrogen and oxygen atoms in total. The zero-order chi connectivity index (χ0) is 18.6. The van der Waals surface area contributed by atoms with Gasteiger partial charge in [0.15, 0.2) is 0 Å². The quantitative estimate of drug-likeness (QED) is 0.819. The van der Waals surface area contributed by atoms with Crippen molar-refractivity contribution in [3.63, 3.8) is 0 Å². The maximum absolute atomic E-state index is 12.5. The third-order valence-corrected chi connectivity index (χ3v) is 5.08. The maximum Gasteiger partial charge on any atom is 0.255 e. The third kappa shape index (κ3) is 4.95. The van der Waals surface area contributed by atoms with E-state index in [0.29, 0.717) is 5.56 Å². The number of carbonyl (C=O) groups is 1. The summed E-state index contributed by atoms with van der Waals surface area (Å²) in [7, 11) is 0. The molecule has 1 amide bonds. The topological polar surface area (TPSA) is 32.3 Å². The monoisotopic (exact) mass is 350 g/mol. The second-order valence-corrected chi connectivity index (χ2v) is 8.32. The molecule has 0 aromatic heterocycles. The van der Waals surface area contributed by atoms with Crippen LogP contribution in [0.3, 0.4) is 0 Å². The van der Waals surface area contributed by atoms with E-state index in [-0.39, 0.29) is 11.3 Å². The fourth-order valence-corrected chi connectivity index (χ4v) is 3.39. The van der Waals surface area contributed by atoms with Crippen LogP contribution in [0.25, 0.3) is 0 Å². The lowest BCUT2D eigenvalue weighted by atomic mass is 9.87. The molecule has 0 radical (unpaired) electrons. The average molecular weight is 351 g/mol. The van der Waals surface area contributed by atoms with Gasteiger partial charge in [-0.15, -0.1) is 0 Å².